The van der Waals surface area contributed by atoms with Crippen LogP contribution in [-0.4, -0.2) is 24.4 Å². The third-order valence-corrected chi connectivity index (χ3v) is 5.49. The van der Waals surface area contributed by atoms with E-state index >= 15 is 0 Å². The molecule has 1 atom stereocenters. The maximum Gasteiger partial charge on any atom is 0.242 e. The number of hydrogen-bond acceptors (Lipinski definition) is 2. The van der Waals surface area contributed by atoms with Gasteiger partial charge in [-0.15, -0.1) is 0 Å². The van der Waals surface area contributed by atoms with E-state index in [2.05, 4.69) is 10.6 Å². The number of carbonyl (C=O) groups excluding carboxylic acids is 2. The van der Waals surface area contributed by atoms with Crippen LogP contribution in [0.4, 0.5) is 0 Å². The number of hydrogen-bond donors (Lipinski definition) is 2. The van der Waals surface area contributed by atoms with Gasteiger partial charge in [0.05, 0.1) is 0 Å². The molecule has 0 radical (unpaired) electrons. The van der Waals surface area contributed by atoms with Crippen LogP contribution in [0.1, 0.15) is 52.0 Å². The van der Waals surface area contributed by atoms with Gasteiger partial charge in [-0.3, -0.25) is 9.59 Å². The first-order valence-corrected chi connectivity index (χ1v) is 9.47. The largest absolute Gasteiger partial charge is 0.353 e. The molecule has 1 fully saturated rings. The minimum Gasteiger partial charge on any atom is -0.353 e. The molecule has 0 heterocycles. The first-order chi connectivity index (χ1) is 11.7. The lowest BCUT2D eigenvalue weighted by atomic mass is 9.84. The van der Waals surface area contributed by atoms with Crippen molar-refractivity contribution in [3.63, 3.8) is 0 Å². The molecule has 0 bridgehead atoms. The van der Waals surface area contributed by atoms with E-state index in [-0.39, 0.29) is 17.7 Å². The van der Waals surface area contributed by atoms with Crippen molar-refractivity contribution in [2.24, 2.45) is 5.92 Å². The van der Waals surface area contributed by atoms with Gasteiger partial charge in [0, 0.05) is 28.9 Å². The Kier molecular flexibility index (Phi) is 6.75. The predicted octanol–water partition coefficient (Wildman–Crippen LogP) is 4.08. The van der Waals surface area contributed by atoms with Crippen LogP contribution in [-0.2, 0) is 15.0 Å². The highest BCUT2D eigenvalue weighted by Crippen LogP contribution is 2.35. The fourth-order valence-electron chi connectivity index (χ4n) is 3.56. The van der Waals surface area contributed by atoms with Crippen LogP contribution in [0.15, 0.2) is 18.2 Å². The van der Waals surface area contributed by atoms with E-state index in [1.807, 2.05) is 13.8 Å². The van der Waals surface area contributed by atoms with Gasteiger partial charge in [-0.25, -0.2) is 0 Å². The van der Waals surface area contributed by atoms with Gasteiger partial charge in [0.15, 0.2) is 0 Å². The second kappa shape index (κ2) is 8.41. The van der Waals surface area contributed by atoms with Crippen molar-refractivity contribution in [2.45, 2.75) is 57.9 Å². The number of halogens is 2. The zero-order chi connectivity index (χ0) is 18.6. The number of rotatable bonds is 6. The Morgan fingerprint density at radius 1 is 1.20 bits per heavy atom. The summed E-state index contributed by atoms with van der Waals surface area (Å²) in [4.78, 5) is 24.2. The lowest BCUT2D eigenvalue weighted by molar-refractivity contribution is -0.129. The Hall–Kier alpha value is -1.26. The van der Waals surface area contributed by atoms with Crippen molar-refractivity contribution in [3.05, 3.63) is 33.8 Å². The number of benzene rings is 1. The molecule has 6 heteroatoms. The Balaban J connectivity index is 2.09. The van der Waals surface area contributed by atoms with Crippen LogP contribution in [0.2, 0.25) is 10.0 Å². The average Bonchev–Trinajstić information content (AvgIpc) is 3.04. The third kappa shape index (κ3) is 5.11. The monoisotopic (exact) mass is 384 g/mol. The lowest BCUT2D eigenvalue weighted by Crippen LogP contribution is -2.51. The van der Waals surface area contributed by atoms with Crippen molar-refractivity contribution < 1.29 is 9.59 Å². The van der Waals surface area contributed by atoms with Crippen LogP contribution in [0.3, 0.4) is 0 Å². The normalized spacial score (nSPS) is 16.5. The topological polar surface area (TPSA) is 58.2 Å². The van der Waals surface area contributed by atoms with Gasteiger partial charge in [-0.05, 0) is 36.5 Å². The molecular weight excluding hydrogens is 359 g/mol. The molecule has 1 aliphatic carbocycles. The van der Waals surface area contributed by atoms with Crippen LogP contribution in [0, 0.1) is 5.92 Å². The van der Waals surface area contributed by atoms with Crippen LogP contribution < -0.4 is 10.6 Å². The number of nitrogens with one attached hydrogen (secondary N) is 2. The van der Waals surface area contributed by atoms with E-state index in [0.717, 1.165) is 31.2 Å². The summed E-state index contributed by atoms with van der Waals surface area (Å²) in [6.45, 7) is 5.81. The molecule has 4 nitrogen and oxygen atoms in total. The Morgan fingerprint density at radius 2 is 1.76 bits per heavy atom. The van der Waals surface area contributed by atoms with Crippen LogP contribution in [0.25, 0.3) is 0 Å². The van der Waals surface area contributed by atoms with Crippen molar-refractivity contribution in [1.82, 2.24) is 10.6 Å². The molecule has 138 valence electrons. The molecule has 1 aliphatic rings. The summed E-state index contributed by atoms with van der Waals surface area (Å²) >= 11 is 12.6. The fraction of sp³-hybridized carbons (Fsp3) is 0.579. The molecule has 0 aliphatic heterocycles. The van der Waals surface area contributed by atoms with E-state index < -0.39 is 11.5 Å². The third-order valence-electron chi connectivity index (χ3n) is 4.86. The maximum atomic E-state index is 12.7. The number of amides is 2. The first-order valence-electron chi connectivity index (χ1n) is 8.71. The molecule has 0 aromatic heterocycles. The zero-order valence-electron chi connectivity index (χ0n) is 15.0. The minimum atomic E-state index is -0.475. The summed E-state index contributed by atoms with van der Waals surface area (Å²) in [5.41, 5.74) is 0.386. The Morgan fingerprint density at radius 3 is 2.28 bits per heavy atom. The van der Waals surface area contributed by atoms with Crippen molar-refractivity contribution in [1.29, 1.82) is 0 Å². The molecule has 1 aromatic rings. The van der Waals surface area contributed by atoms with Gasteiger partial charge >= 0.3 is 0 Å². The first kappa shape index (κ1) is 20.1. The molecule has 0 saturated heterocycles. The van der Waals surface area contributed by atoms with Crippen LogP contribution >= 0.6 is 23.2 Å². The van der Waals surface area contributed by atoms with Crippen molar-refractivity contribution >= 4 is 35.0 Å². The van der Waals surface area contributed by atoms with Crippen molar-refractivity contribution in [3.8, 4) is 0 Å². The van der Waals surface area contributed by atoms with Crippen molar-refractivity contribution in [2.75, 3.05) is 6.54 Å². The maximum absolute atomic E-state index is 12.7. The molecule has 1 aromatic carbocycles. The number of carbonyl (C=O) groups is 2. The smallest absolute Gasteiger partial charge is 0.242 e. The molecule has 2 amide bonds. The molecule has 1 saturated carbocycles. The fourth-order valence-corrected chi connectivity index (χ4v) is 4.47. The highest BCUT2D eigenvalue weighted by Gasteiger charge is 2.33. The van der Waals surface area contributed by atoms with Gasteiger partial charge in [0.25, 0.3) is 0 Å². The zero-order valence-corrected chi connectivity index (χ0v) is 16.5. The molecule has 2 rings (SSSR count). The van der Waals surface area contributed by atoms with E-state index in [9.17, 15) is 9.59 Å². The molecule has 1 unspecified atom stereocenters. The van der Waals surface area contributed by atoms with Gasteiger partial charge in [-0.1, -0.05) is 56.0 Å². The summed E-state index contributed by atoms with van der Waals surface area (Å²) in [5, 5.41) is 6.97. The van der Waals surface area contributed by atoms with Gasteiger partial charge in [0.1, 0.15) is 6.04 Å². The summed E-state index contributed by atoms with van der Waals surface area (Å²) in [7, 11) is 0. The quantitative estimate of drug-likeness (QED) is 0.775. The van der Waals surface area contributed by atoms with E-state index in [1.165, 1.54) is 6.92 Å². The predicted molar refractivity (Wildman–Crippen MR) is 102 cm³/mol. The average molecular weight is 385 g/mol. The highest BCUT2D eigenvalue weighted by molar-refractivity contribution is 6.36. The van der Waals surface area contributed by atoms with E-state index in [4.69, 9.17) is 23.2 Å². The van der Waals surface area contributed by atoms with Gasteiger partial charge < -0.3 is 10.6 Å². The molecule has 0 spiro atoms. The summed E-state index contributed by atoms with van der Waals surface area (Å²) < 4.78 is 0. The van der Waals surface area contributed by atoms with Gasteiger partial charge in [0.2, 0.25) is 11.8 Å². The molecule has 25 heavy (non-hydrogen) atoms. The SMILES string of the molecule is CC(=O)NC(C(=O)NCC(C)(C)c1c(Cl)cccc1Cl)C1CCCC1. The lowest BCUT2D eigenvalue weighted by Gasteiger charge is -2.30. The summed E-state index contributed by atoms with van der Waals surface area (Å²) in [5.74, 6) is -0.116. The Labute approximate surface area is 159 Å². The Bertz CT molecular complexity index is 620. The highest BCUT2D eigenvalue weighted by atomic mass is 35.5. The van der Waals surface area contributed by atoms with Gasteiger partial charge in [-0.2, -0.15) is 0 Å². The van der Waals surface area contributed by atoms with Crippen LogP contribution in [0.5, 0.6) is 0 Å². The molecule has 2 N–H and O–H groups in total. The summed E-state index contributed by atoms with van der Waals surface area (Å²) in [6.07, 6.45) is 4.15. The standard InChI is InChI=1S/C19H26Cl2N2O2/c1-12(24)23-17(13-7-4-5-8-13)18(25)22-11-19(2,3)16-14(20)9-6-10-15(16)21/h6,9-10,13,17H,4-5,7-8,11H2,1-3H3,(H,22,25)(H,23,24). The van der Waals surface area contributed by atoms with E-state index in [0.29, 0.717) is 16.6 Å². The second-order valence-corrected chi connectivity index (χ2v) is 8.24. The minimum absolute atomic E-state index is 0.140. The molecular formula is C19H26Cl2N2O2. The second-order valence-electron chi connectivity index (χ2n) is 7.42. The van der Waals surface area contributed by atoms with E-state index in [1.54, 1.807) is 18.2 Å². The summed E-state index contributed by atoms with van der Waals surface area (Å²) in [6, 6.07) is 4.92.